The molecule has 0 saturated heterocycles. The number of phenols is 1. The molecule has 1 rings (SSSR count). The van der Waals surface area contributed by atoms with Crippen LogP contribution in [0.1, 0.15) is 5.56 Å². The fourth-order valence-electron chi connectivity index (χ4n) is 1.20. The molecule has 11 heteroatoms. The first-order valence-electron chi connectivity index (χ1n) is 3.98. The van der Waals surface area contributed by atoms with Crippen LogP contribution in [0.3, 0.4) is 0 Å². The van der Waals surface area contributed by atoms with Crippen molar-refractivity contribution in [2.75, 3.05) is 0 Å². The van der Waals surface area contributed by atoms with Crippen LogP contribution in [0.5, 0.6) is 5.75 Å². The molecule has 0 aromatic heterocycles. The van der Waals surface area contributed by atoms with E-state index in [1.165, 1.54) is 0 Å². The van der Waals surface area contributed by atoms with Gasteiger partial charge in [0, 0.05) is 6.07 Å². The molecule has 0 fully saturated rings. The minimum absolute atomic E-state index is 0.201. The summed E-state index contributed by atoms with van der Waals surface area (Å²) >= 11 is 5.14. The van der Waals surface area contributed by atoms with Crippen LogP contribution < -0.4 is 0 Å². The second kappa shape index (κ2) is 4.29. The van der Waals surface area contributed by atoms with Crippen molar-refractivity contribution in [3.8, 4) is 5.75 Å². The summed E-state index contributed by atoms with van der Waals surface area (Å²) in [5.74, 6) is -1.69. The number of alkyl halides is 3. The maximum Gasteiger partial charge on any atom is 0.424 e. The number of hydrogen-bond donors (Lipinski definition) is 1. The van der Waals surface area contributed by atoms with Gasteiger partial charge in [-0.1, -0.05) is 11.6 Å². The maximum atomic E-state index is 12.5. The smallest absolute Gasteiger partial charge is 0.424 e. The summed E-state index contributed by atoms with van der Waals surface area (Å²) < 4.78 is 37.5. The summed E-state index contributed by atoms with van der Waals surface area (Å²) in [4.78, 5) is 18.0. The molecule has 0 heterocycles. The Morgan fingerprint density at radius 2 is 1.72 bits per heavy atom. The van der Waals surface area contributed by atoms with E-state index >= 15 is 0 Å². The van der Waals surface area contributed by atoms with Gasteiger partial charge >= 0.3 is 17.6 Å². The minimum Gasteiger partial charge on any atom is -0.497 e. The Balaban J connectivity index is 3.80. The van der Waals surface area contributed by atoms with Crippen molar-refractivity contribution in [2.24, 2.45) is 0 Å². The molecule has 0 aliphatic heterocycles. The van der Waals surface area contributed by atoms with E-state index in [0.717, 1.165) is 0 Å². The Morgan fingerprint density at radius 3 is 2.06 bits per heavy atom. The molecule has 0 atom stereocenters. The van der Waals surface area contributed by atoms with Crippen LogP contribution in [0.4, 0.5) is 24.5 Å². The van der Waals surface area contributed by atoms with Crippen molar-refractivity contribution in [1.29, 1.82) is 0 Å². The predicted octanol–water partition coefficient (Wildman–Crippen LogP) is 2.88. The molecular formula is C7H2ClF3N2O5. The van der Waals surface area contributed by atoms with Crippen molar-refractivity contribution in [1.82, 2.24) is 0 Å². The summed E-state index contributed by atoms with van der Waals surface area (Å²) in [5.41, 5.74) is -5.06. The molecular weight excluding hydrogens is 285 g/mol. The zero-order valence-electron chi connectivity index (χ0n) is 8.06. The van der Waals surface area contributed by atoms with Crippen LogP contribution in [-0.4, -0.2) is 15.0 Å². The van der Waals surface area contributed by atoms with E-state index in [1.54, 1.807) is 0 Å². The molecule has 18 heavy (non-hydrogen) atoms. The molecule has 0 saturated carbocycles. The second-order valence-corrected chi connectivity index (χ2v) is 3.37. The average molecular weight is 287 g/mol. The van der Waals surface area contributed by atoms with E-state index in [0.29, 0.717) is 0 Å². The molecule has 0 aliphatic carbocycles. The van der Waals surface area contributed by atoms with Gasteiger partial charge in [-0.05, 0) is 0 Å². The van der Waals surface area contributed by atoms with Gasteiger partial charge < -0.3 is 5.11 Å². The number of benzene rings is 1. The van der Waals surface area contributed by atoms with Gasteiger partial charge in [-0.25, -0.2) is 0 Å². The van der Waals surface area contributed by atoms with Gasteiger partial charge in [0.25, 0.3) is 5.75 Å². The largest absolute Gasteiger partial charge is 0.497 e. The third kappa shape index (κ3) is 2.27. The molecule has 0 bridgehead atoms. The van der Waals surface area contributed by atoms with Gasteiger partial charge in [-0.3, -0.25) is 20.2 Å². The van der Waals surface area contributed by atoms with Crippen molar-refractivity contribution in [2.45, 2.75) is 6.18 Å². The lowest BCUT2D eigenvalue weighted by Crippen LogP contribution is -2.11. The molecule has 0 aliphatic rings. The van der Waals surface area contributed by atoms with E-state index in [1.807, 2.05) is 0 Å². The minimum atomic E-state index is -5.23. The quantitative estimate of drug-likeness (QED) is 0.664. The Kier molecular flexibility index (Phi) is 3.33. The standard InChI is InChI=1S/C7H2ClF3N2O5/c8-2-1-3(12(15)16)6(14)5(13(17)18)4(2)7(9,10)11/h1,14H. The first-order valence-corrected chi connectivity index (χ1v) is 4.36. The van der Waals surface area contributed by atoms with E-state index in [2.05, 4.69) is 0 Å². The van der Waals surface area contributed by atoms with Crippen LogP contribution in [0.25, 0.3) is 0 Å². The lowest BCUT2D eigenvalue weighted by atomic mass is 10.1. The normalized spacial score (nSPS) is 11.3. The molecule has 0 unspecified atom stereocenters. The Bertz CT molecular complexity index is 545. The predicted molar refractivity (Wildman–Crippen MR) is 51.4 cm³/mol. The molecule has 98 valence electrons. The van der Waals surface area contributed by atoms with Gasteiger partial charge in [0.1, 0.15) is 0 Å². The first kappa shape index (κ1) is 14.0. The Morgan fingerprint density at radius 1 is 1.22 bits per heavy atom. The maximum absolute atomic E-state index is 12.5. The number of nitro benzene ring substituents is 2. The first-order chi connectivity index (χ1) is 8.07. The van der Waals surface area contributed by atoms with Crippen molar-refractivity contribution >= 4 is 23.0 Å². The lowest BCUT2D eigenvalue weighted by molar-refractivity contribution is -0.397. The Hall–Kier alpha value is -2.10. The number of nitrogens with zero attached hydrogens (tertiary/aromatic N) is 2. The summed E-state index contributed by atoms with van der Waals surface area (Å²) in [6.07, 6.45) is -5.23. The van der Waals surface area contributed by atoms with Crippen LogP contribution >= 0.6 is 11.6 Å². The molecule has 0 amide bonds. The lowest BCUT2D eigenvalue weighted by Gasteiger charge is -2.10. The fourth-order valence-corrected chi connectivity index (χ4v) is 1.50. The third-order valence-corrected chi connectivity index (χ3v) is 2.17. The summed E-state index contributed by atoms with van der Waals surface area (Å²) in [6.45, 7) is 0. The van der Waals surface area contributed by atoms with Crippen LogP contribution in [0.2, 0.25) is 5.02 Å². The number of aromatic hydroxyl groups is 1. The second-order valence-electron chi connectivity index (χ2n) is 2.96. The average Bonchev–Trinajstić information content (AvgIpc) is 2.17. The molecule has 0 radical (unpaired) electrons. The topological polar surface area (TPSA) is 107 Å². The Labute approximate surface area is 101 Å². The van der Waals surface area contributed by atoms with Crippen LogP contribution in [0, 0.1) is 20.2 Å². The number of nitro groups is 2. The highest BCUT2D eigenvalue weighted by Crippen LogP contribution is 2.48. The summed E-state index contributed by atoms with van der Waals surface area (Å²) in [7, 11) is 0. The molecule has 0 spiro atoms. The molecule has 7 nitrogen and oxygen atoms in total. The number of rotatable bonds is 2. The van der Waals surface area contributed by atoms with E-state index < -0.39 is 43.7 Å². The van der Waals surface area contributed by atoms with Gasteiger partial charge in [-0.2, -0.15) is 13.2 Å². The van der Waals surface area contributed by atoms with Crippen molar-refractivity contribution in [3.63, 3.8) is 0 Å². The zero-order valence-corrected chi connectivity index (χ0v) is 8.82. The highest BCUT2D eigenvalue weighted by Gasteiger charge is 2.45. The SMILES string of the molecule is O=[N+]([O-])c1cc(Cl)c(C(F)(F)F)c([N+](=O)[O-])c1O. The summed E-state index contributed by atoms with van der Waals surface area (Å²) in [5, 5.41) is 28.8. The molecule has 1 N–H and O–H groups in total. The van der Waals surface area contributed by atoms with E-state index in [4.69, 9.17) is 16.7 Å². The van der Waals surface area contributed by atoms with Gasteiger partial charge in [0.05, 0.1) is 14.9 Å². The highest BCUT2D eigenvalue weighted by atomic mass is 35.5. The van der Waals surface area contributed by atoms with Gasteiger partial charge in [0.2, 0.25) is 0 Å². The molecule has 1 aromatic carbocycles. The van der Waals surface area contributed by atoms with Crippen molar-refractivity contribution < 1.29 is 28.1 Å². The highest BCUT2D eigenvalue weighted by molar-refractivity contribution is 6.32. The van der Waals surface area contributed by atoms with Crippen LogP contribution in [0.15, 0.2) is 6.07 Å². The van der Waals surface area contributed by atoms with Crippen molar-refractivity contribution in [3.05, 3.63) is 36.9 Å². The van der Waals surface area contributed by atoms with E-state index in [-0.39, 0.29) is 6.07 Å². The monoisotopic (exact) mass is 286 g/mol. The fraction of sp³-hybridized carbons (Fsp3) is 0.143. The third-order valence-electron chi connectivity index (χ3n) is 1.87. The number of hydrogen-bond acceptors (Lipinski definition) is 5. The number of phenolic OH excluding ortho intramolecular Hbond substituents is 1. The van der Waals surface area contributed by atoms with E-state index in [9.17, 15) is 33.4 Å². The van der Waals surface area contributed by atoms with Crippen LogP contribution in [-0.2, 0) is 6.18 Å². The van der Waals surface area contributed by atoms with Gasteiger partial charge in [-0.15, -0.1) is 0 Å². The summed E-state index contributed by atoms with van der Waals surface area (Å²) in [6, 6.07) is 0.201. The zero-order chi connectivity index (χ0) is 14.2. The number of halogens is 4. The van der Waals surface area contributed by atoms with Gasteiger partial charge in [0.15, 0.2) is 5.56 Å². The molecule has 1 aromatic rings.